The molecule has 0 bridgehead atoms. The zero-order valence-corrected chi connectivity index (χ0v) is 10.3. The quantitative estimate of drug-likeness (QED) is 0.755. The van der Waals surface area contributed by atoms with Gasteiger partial charge in [0, 0.05) is 11.6 Å². The summed E-state index contributed by atoms with van der Waals surface area (Å²) in [6, 6.07) is 6.53. The van der Waals surface area contributed by atoms with Crippen LogP contribution in [0.5, 0.6) is 5.75 Å². The van der Waals surface area contributed by atoms with Crippen LogP contribution in [0.4, 0.5) is 0 Å². The topological polar surface area (TPSA) is 57.5 Å². The second-order valence-electron chi connectivity index (χ2n) is 2.23. The Morgan fingerprint density at radius 3 is 2.06 bits per heavy atom. The van der Waals surface area contributed by atoms with Gasteiger partial charge in [-0.25, -0.2) is 4.79 Å². The Morgan fingerprint density at radius 2 is 1.62 bits per heavy atom. The van der Waals surface area contributed by atoms with Crippen molar-refractivity contribution in [1.29, 1.82) is 0 Å². The Morgan fingerprint density at radius 1 is 1.12 bits per heavy atom. The van der Waals surface area contributed by atoms with Crippen molar-refractivity contribution >= 4 is 12.0 Å². The van der Waals surface area contributed by atoms with Gasteiger partial charge in [-0.2, -0.15) is 0 Å². The standard InChI is InChI=1S/C9H8O3.2C2H6/c10-8-4-2-1-3-7(8)5-6-9(11)12;2*1-2/h1-6,10H,(H,11,12);2*1-2H3/b6-5+;;. The SMILES string of the molecule is CC.CC.O=C(O)/C=C/c1ccccc1O. The van der Waals surface area contributed by atoms with Gasteiger partial charge in [-0.1, -0.05) is 45.9 Å². The lowest BCUT2D eigenvalue weighted by atomic mass is 10.2. The molecule has 3 heteroatoms. The van der Waals surface area contributed by atoms with Crippen LogP contribution in [0.2, 0.25) is 0 Å². The molecule has 0 spiro atoms. The van der Waals surface area contributed by atoms with Crippen LogP contribution in [0, 0.1) is 0 Å². The molecular weight excluding hydrogens is 204 g/mol. The van der Waals surface area contributed by atoms with Gasteiger partial charge in [-0.15, -0.1) is 0 Å². The number of rotatable bonds is 2. The first-order chi connectivity index (χ1) is 7.70. The Bertz CT molecular complexity index is 317. The molecule has 0 unspecified atom stereocenters. The van der Waals surface area contributed by atoms with Crippen LogP contribution in [0.1, 0.15) is 33.3 Å². The highest BCUT2D eigenvalue weighted by atomic mass is 16.4. The number of aliphatic carboxylic acids is 1. The highest BCUT2D eigenvalue weighted by Crippen LogP contribution is 2.16. The minimum atomic E-state index is -1.03. The Kier molecular flexibility index (Phi) is 11.8. The van der Waals surface area contributed by atoms with Gasteiger partial charge in [0.1, 0.15) is 5.75 Å². The van der Waals surface area contributed by atoms with Gasteiger partial charge in [-0.05, 0) is 12.1 Å². The van der Waals surface area contributed by atoms with Crippen molar-refractivity contribution < 1.29 is 15.0 Å². The molecule has 0 amide bonds. The predicted molar refractivity (Wildman–Crippen MR) is 67.5 cm³/mol. The van der Waals surface area contributed by atoms with E-state index in [2.05, 4.69) is 0 Å². The summed E-state index contributed by atoms with van der Waals surface area (Å²) in [5.41, 5.74) is 0.500. The summed E-state index contributed by atoms with van der Waals surface area (Å²) in [7, 11) is 0. The first-order valence-electron chi connectivity index (χ1n) is 5.39. The van der Waals surface area contributed by atoms with Gasteiger partial charge in [0.25, 0.3) is 0 Å². The van der Waals surface area contributed by atoms with Crippen molar-refractivity contribution in [2.75, 3.05) is 0 Å². The number of carboxylic acids is 1. The molecule has 0 fully saturated rings. The molecule has 0 aromatic heterocycles. The summed E-state index contributed by atoms with van der Waals surface area (Å²) in [4.78, 5) is 10.1. The number of carboxylic acid groups (broad SMARTS) is 1. The van der Waals surface area contributed by atoms with Gasteiger partial charge < -0.3 is 10.2 Å². The Hall–Kier alpha value is -1.77. The summed E-state index contributed by atoms with van der Waals surface area (Å²) in [5, 5.41) is 17.5. The van der Waals surface area contributed by atoms with E-state index in [1.807, 2.05) is 27.7 Å². The fraction of sp³-hybridized carbons (Fsp3) is 0.308. The smallest absolute Gasteiger partial charge is 0.328 e. The largest absolute Gasteiger partial charge is 0.507 e. The highest BCUT2D eigenvalue weighted by Gasteiger charge is 1.94. The van der Waals surface area contributed by atoms with Crippen molar-refractivity contribution in [3.05, 3.63) is 35.9 Å². The summed E-state index contributed by atoms with van der Waals surface area (Å²) in [5.74, 6) is -0.951. The molecule has 1 rings (SSSR count). The van der Waals surface area contributed by atoms with E-state index < -0.39 is 5.97 Å². The Labute approximate surface area is 97.1 Å². The maximum absolute atomic E-state index is 10.1. The van der Waals surface area contributed by atoms with E-state index in [1.165, 1.54) is 12.1 Å². The van der Waals surface area contributed by atoms with Crippen molar-refractivity contribution in [3.8, 4) is 5.75 Å². The van der Waals surface area contributed by atoms with Crippen LogP contribution < -0.4 is 0 Å². The second kappa shape index (κ2) is 11.3. The highest BCUT2D eigenvalue weighted by molar-refractivity contribution is 5.85. The van der Waals surface area contributed by atoms with E-state index in [-0.39, 0.29) is 5.75 Å². The third kappa shape index (κ3) is 7.62. The molecule has 0 heterocycles. The minimum Gasteiger partial charge on any atom is -0.507 e. The molecule has 0 saturated heterocycles. The number of hydrogen-bond acceptors (Lipinski definition) is 2. The van der Waals surface area contributed by atoms with Gasteiger partial charge in [-0.3, -0.25) is 0 Å². The number of hydrogen-bond donors (Lipinski definition) is 2. The van der Waals surface area contributed by atoms with Crippen LogP contribution in [-0.4, -0.2) is 16.2 Å². The van der Waals surface area contributed by atoms with Gasteiger partial charge in [0.2, 0.25) is 0 Å². The van der Waals surface area contributed by atoms with Crippen LogP contribution in [-0.2, 0) is 4.79 Å². The molecule has 0 aliphatic rings. The van der Waals surface area contributed by atoms with Crippen LogP contribution >= 0.6 is 0 Å². The summed E-state index contributed by atoms with van der Waals surface area (Å²) >= 11 is 0. The molecule has 0 aliphatic carbocycles. The average Bonchev–Trinajstić information content (AvgIpc) is 2.33. The molecule has 0 atom stereocenters. The number of phenols is 1. The zero-order valence-electron chi connectivity index (χ0n) is 10.3. The summed E-state index contributed by atoms with van der Waals surface area (Å²) in [6.45, 7) is 8.00. The van der Waals surface area contributed by atoms with Crippen molar-refractivity contribution in [3.63, 3.8) is 0 Å². The van der Waals surface area contributed by atoms with E-state index in [9.17, 15) is 9.90 Å². The average molecular weight is 224 g/mol. The Balaban J connectivity index is 0. The molecule has 1 aromatic rings. The third-order valence-corrected chi connectivity index (χ3v) is 1.34. The molecule has 1 aromatic carbocycles. The lowest BCUT2D eigenvalue weighted by Crippen LogP contribution is -1.85. The lowest BCUT2D eigenvalue weighted by Gasteiger charge is -1.95. The molecule has 0 radical (unpaired) electrons. The van der Waals surface area contributed by atoms with Crippen LogP contribution in [0.25, 0.3) is 6.08 Å². The molecule has 2 N–H and O–H groups in total. The predicted octanol–water partition coefficient (Wildman–Crippen LogP) is 3.54. The molecule has 0 aliphatic heterocycles. The van der Waals surface area contributed by atoms with Gasteiger partial charge in [0.15, 0.2) is 0 Å². The maximum Gasteiger partial charge on any atom is 0.328 e. The normalized spacial score (nSPS) is 8.50. The number of aromatic hydroxyl groups is 1. The van der Waals surface area contributed by atoms with Crippen molar-refractivity contribution in [2.45, 2.75) is 27.7 Å². The number of benzene rings is 1. The number of carbonyl (C=O) groups is 1. The maximum atomic E-state index is 10.1. The second-order valence-corrected chi connectivity index (χ2v) is 2.23. The number of phenolic OH excluding ortho intramolecular Hbond substituents is 1. The van der Waals surface area contributed by atoms with Gasteiger partial charge in [0.05, 0.1) is 0 Å². The van der Waals surface area contributed by atoms with E-state index in [0.717, 1.165) is 6.08 Å². The molecule has 0 saturated carbocycles. The van der Waals surface area contributed by atoms with Crippen molar-refractivity contribution in [2.24, 2.45) is 0 Å². The van der Waals surface area contributed by atoms with Crippen LogP contribution in [0.3, 0.4) is 0 Å². The van der Waals surface area contributed by atoms with Crippen LogP contribution in [0.15, 0.2) is 30.3 Å². The summed E-state index contributed by atoms with van der Waals surface area (Å²) < 4.78 is 0. The monoisotopic (exact) mass is 224 g/mol. The van der Waals surface area contributed by atoms with E-state index in [1.54, 1.807) is 18.2 Å². The molecule has 90 valence electrons. The summed E-state index contributed by atoms with van der Waals surface area (Å²) in [6.07, 6.45) is 2.33. The fourth-order valence-corrected chi connectivity index (χ4v) is 0.790. The third-order valence-electron chi connectivity index (χ3n) is 1.34. The number of para-hydroxylation sites is 1. The van der Waals surface area contributed by atoms with E-state index >= 15 is 0 Å². The molecular formula is C13H20O3. The zero-order chi connectivity index (χ0) is 13.0. The fourth-order valence-electron chi connectivity index (χ4n) is 0.790. The van der Waals surface area contributed by atoms with E-state index in [4.69, 9.17) is 5.11 Å². The first-order valence-corrected chi connectivity index (χ1v) is 5.39. The lowest BCUT2D eigenvalue weighted by molar-refractivity contribution is -0.131. The molecule has 16 heavy (non-hydrogen) atoms. The van der Waals surface area contributed by atoms with Gasteiger partial charge >= 0.3 is 5.97 Å². The molecule has 3 nitrogen and oxygen atoms in total. The minimum absolute atomic E-state index is 0.0787. The van der Waals surface area contributed by atoms with E-state index in [0.29, 0.717) is 5.56 Å². The first kappa shape index (κ1) is 16.7. The van der Waals surface area contributed by atoms with Crippen molar-refractivity contribution in [1.82, 2.24) is 0 Å².